The van der Waals surface area contributed by atoms with Crippen LogP contribution in [-0.2, 0) is 15.0 Å². The van der Waals surface area contributed by atoms with E-state index in [0.29, 0.717) is 19.5 Å². The smallest absolute Gasteiger partial charge is 0.225 e. The topological polar surface area (TPSA) is 49.4 Å². The highest BCUT2D eigenvalue weighted by molar-refractivity contribution is 5.89. The molecule has 1 aromatic carbocycles. The molecule has 1 saturated carbocycles. The summed E-state index contributed by atoms with van der Waals surface area (Å²) in [6.45, 7) is 7.28. The molecule has 4 heteroatoms. The summed E-state index contributed by atoms with van der Waals surface area (Å²) in [5, 5.41) is 3.18. The Hall–Kier alpha value is -1.84. The molecule has 136 valence electrons. The number of likely N-dealkylation sites (tertiary alicyclic amines) is 1. The molecular weight excluding hydrogens is 312 g/mol. The lowest BCUT2D eigenvalue weighted by molar-refractivity contribution is -0.132. The number of hydrogen-bond donors (Lipinski definition) is 1. The Labute approximate surface area is 151 Å². The van der Waals surface area contributed by atoms with Gasteiger partial charge in [0.2, 0.25) is 11.8 Å². The molecule has 1 N–H and O–H groups in total. The summed E-state index contributed by atoms with van der Waals surface area (Å²) < 4.78 is 0. The van der Waals surface area contributed by atoms with Crippen LogP contribution in [-0.4, -0.2) is 35.3 Å². The van der Waals surface area contributed by atoms with Crippen LogP contribution in [0.2, 0.25) is 0 Å². The highest BCUT2D eigenvalue weighted by Crippen LogP contribution is 2.40. The van der Waals surface area contributed by atoms with Gasteiger partial charge >= 0.3 is 0 Å². The van der Waals surface area contributed by atoms with Gasteiger partial charge in [0.1, 0.15) is 0 Å². The normalized spacial score (nSPS) is 23.1. The minimum Gasteiger partial charge on any atom is -0.355 e. The second-order valence-electron chi connectivity index (χ2n) is 8.65. The molecule has 1 saturated heterocycles. The fourth-order valence-electron chi connectivity index (χ4n) is 4.34. The zero-order chi connectivity index (χ0) is 18.1. The molecule has 0 aromatic heterocycles. The first-order chi connectivity index (χ1) is 11.8. The Balaban J connectivity index is 1.65. The molecule has 4 nitrogen and oxygen atoms in total. The second-order valence-corrected chi connectivity index (χ2v) is 8.65. The number of nitrogens with one attached hydrogen (secondary N) is 1. The molecule has 1 aromatic rings. The zero-order valence-electron chi connectivity index (χ0n) is 15.7. The lowest BCUT2D eigenvalue weighted by Crippen LogP contribution is -2.44. The molecule has 0 bridgehead atoms. The van der Waals surface area contributed by atoms with Crippen molar-refractivity contribution in [1.29, 1.82) is 0 Å². The fourth-order valence-corrected chi connectivity index (χ4v) is 4.34. The average Bonchev–Trinajstić information content (AvgIpc) is 3.20. The van der Waals surface area contributed by atoms with Gasteiger partial charge in [0.15, 0.2) is 0 Å². The minimum atomic E-state index is -0.221. The summed E-state index contributed by atoms with van der Waals surface area (Å²) in [6.07, 6.45) is 5.00. The first-order valence-corrected chi connectivity index (χ1v) is 9.46. The van der Waals surface area contributed by atoms with E-state index in [9.17, 15) is 9.59 Å². The second kappa shape index (κ2) is 6.81. The monoisotopic (exact) mass is 342 g/mol. The van der Waals surface area contributed by atoms with Gasteiger partial charge in [-0.15, -0.1) is 0 Å². The third-order valence-electron chi connectivity index (χ3n) is 5.85. The maximum Gasteiger partial charge on any atom is 0.225 e. The SMILES string of the molecule is CC(C)(C)N1C[C@H](C(=O)NCC2(c3ccccc3)CCCC2)CC1=O. The number of hydrogen-bond acceptors (Lipinski definition) is 2. The highest BCUT2D eigenvalue weighted by atomic mass is 16.2. The van der Waals surface area contributed by atoms with E-state index >= 15 is 0 Å². The molecule has 25 heavy (non-hydrogen) atoms. The van der Waals surface area contributed by atoms with Crippen molar-refractivity contribution in [2.75, 3.05) is 13.1 Å². The van der Waals surface area contributed by atoms with E-state index in [1.807, 2.05) is 31.7 Å². The van der Waals surface area contributed by atoms with Crippen LogP contribution in [0.3, 0.4) is 0 Å². The van der Waals surface area contributed by atoms with Crippen LogP contribution in [0.1, 0.15) is 58.4 Å². The van der Waals surface area contributed by atoms with Crippen LogP contribution in [0.4, 0.5) is 0 Å². The van der Waals surface area contributed by atoms with Crippen molar-refractivity contribution < 1.29 is 9.59 Å². The third kappa shape index (κ3) is 3.73. The molecule has 0 unspecified atom stereocenters. The van der Waals surface area contributed by atoms with Crippen molar-refractivity contribution in [3.8, 4) is 0 Å². The third-order valence-corrected chi connectivity index (χ3v) is 5.85. The Morgan fingerprint density at radius 1 is 1.20 bits per heavy atom. The Morgan fingerprint density at radius 2 is 1.84 bits per heavy atom. The molecule has 1 heterocycles. The number of amides is 2. The zero-order valence-corrected chi connectivity index (χ0v) is 15.7. The van der Waals surface area contributed by atoms with Crippen LogP contribution in [0.25, 0.3) is 0 Å². The highest BCUT2D eigenvalue weighted by Gasteiger charge is 2.41. The quantitative estimate of drug-likeness (QED) is 0.913. The number of carbonyl (C=O) groups is 2. The number of benzene rings is 1. The fraction of sp³-hybridized carbons (Fsp3) is 0.619. The van der Waals surface area contributed by atoms with Gasteiger partial charge in [-0.25, -0.2) is 0 Å². The van der Waals surface area contributed by atoms with Crippen LogP contribution in [0.5, 0.6) is 0 Å². The lowest BCUT2D eigenvalue weighted by atomic mass is 9.78. The number of rotatable bonds is 4. The molecule has 2 amide bonds. The van der Waals surface area contributed by atoms with E-state index in [-0.39, 0.29) is 28.7 Å². The van der Waals surface area contributed by atoms with Crippen LogP contribution < -0.4 is 5.32 Å². The first kappa shape index (κ1) is 18.0. The van der Waals surface area contributed by atoms with Gasteiger partial charge in [-0.2, -0.15) is 0 Å². The standard InChI is InChI=1S/C21H30N2O2/c1-20(2,3)23-14-16(13-18(23)24)19(25)22-15-21(11-7-8-12-21)17-9-5-4-6-10-17/h4-6,9-10,16H,7-8,11-15H2,1-3H3,(H,22,25)/t16-/m1/s1. The van der Waals surface area contributed by atoms with E-state index < -0.39 is 0 Å². The van der Waals surface area contributed by atoms with E-state index in [1.165, 1.54) is 18.4 Å². The van der Waals surface area contributed by atoms with Gasteiger partial charge in [0, 0.05) is 30.5 Å². The van der Waals surface area contributed by atoms with Crippen LogP contribution in [0, 0.1) is 5.92 Å². The summed E-state index contributed by atoms with van der Waals surface area (Å²) in [5.41, 5.74) is 1.16. The predicted molar refractivity (Wildman–Crippen MR) is 99.2 cm³/mol. The first-order valence-electron chi connectivity index (χ1n) is 9.46. The molecule has 1 aliphatic heterocycles. The summed E-state index contributed by atoms with van der Waals surface area (Å²) in [5.74, 6) is -0.102. The average molecular weight is 342 g/mol. The van der Waals surface area contributed by atoms with E-state index in [1.54, 1.807) is 0 Å². The van der Waals surface area contributed by atoms with Crippen molar-refractivity contribution in [3.63, 3.8) is 0 Å². The van der Waals surface area contributed by atoms with Gasteiger partial charge in [-0.1, -0.05) is 43.2 Å². The lowest BCUT2D eigenvalue weighted by Gasteiger charge is -2.32. The summed E-state index contributed by atoms with van der Waals surface area (Å²) >= 11 is 0. The summed E-state index contributed by atoms with van der Waals surface area (Å²) in [4.78, 5) is 26.8. The number of carbonyl (C=O) groups excluding carboxylic acids is 2. The van der Waals surface area contributed by atoms with Gasteiger partial charge < -0.3 is 10.2 Å². The van der Waals surface area contributed by atoms with Gasteiger partial charge in [-0.3, -0.25) is 9.59 Å². The number of nitrogens with zero attached hydrogens (tertiary/aromatic N) is 1. The minimum absolute atomic E-state index is 0.0299. The van der Waals surface area contributed by atoms with Gasteiger partial charge in [0.05, 0.1) is 5.92 Å². The van der Waals surface area contributed by atoms with Crippen LogP contribution >= 0.6 is 0 Å². The van der Waals surface area contributed by atoms with Crippen molar-refractivity contribution in [2.24, 2.45) is 5.92 Å². The Kier molecular flexibility index (Phi) is 4.90. The predicted octanol–water partition coefficient (Wildman–Crippen LogP) is 3.26. The molecule has 1 atom stereocenters. The largest absolute Gasteiger partial charge is 0.355 e. The Bertz CT molecular complexity index is 627. The maximum atomic E-state index is 12.7. The molecule has 2 aliphatic rings. The maximum absolute atomic E-state index is 12.7. The van der Waals surface area contributed by atoms with Crippen molar-refractivity contribution in [2.45, 2.75) is 63.8 Å². The molecular formula is C21H30N2O2. The van der Waals surface area contributed by atoms with Crippen molar-refractivity contribution >= 4 is 11.8 Å². The summed E-state index contributed by atoms with van der Waals surface area (Å²) in [6, 6.07) is 10.5. The van der Waals surface area contributed by atoms with Gasteiger partial charge in [0.25, 0.3) is 0 Å². The Morgan fingerprint density at radius 3 is 2.40 bits per heavy atom. The summed E-state index contributed by atoms with van der Waals surface area (Å²) in [7, 11) is 0. The van der Waals surface area contributed by atoms with Crippen molar-refractivity contribution in [3.05, 3.63) is 35.9 Å². The van der Waals surface area contributed by atoms with Crippen LogP contribution in [0.15, 0.2) is 30.3 Å². The molecule has 1 aliphatic carbocycles. The van der Waals surface area contributed by atoms with E-state index in [2.05, 4.69) is 29.6 Å². The van der Waals surface area contributed by atoms with E-state index in [0.717, 1.165) is 12.8 Å². The van der Waals surface area contributed by atoms with Crippen molar-refractivity contribution in [1.82, 2.24) is 10.2 Å². The molecule has 0 radical (unpaired) electrons. The van der Waals surface area contributed by atoms with E-state index in [4.69, 9.17) is 0 Å². The molecule has 0 spiro atoms. The van der Waals surface area contributed by atoms with Gasteiger partial charge in [-0.05, 0) is 39.2 Å². The molecule has 3 rings (SSSR count). The molecule has 2 fully saturated rings.